The van der Waals surface area contributed by atoms with Crippen molar-refractivity contribution in [3.05, 3.63) is 70.9 Å². The Balaban J connectivity index is 1.25. The lowest BCUT2D eigenvalue weighted by Gasteiger charge is -2.34. The van der Waals surface area contributed by atoms with Crippen LogP contribution < -0.4 is 4.74 Å². The van der Waals surface area contributed by atoms with E-state index in [0.717, 1.165) is 66.6 Å². The van der Waals surface area contributed by atoms with Gasteiger partial charge in [0.1, 0.15) is 12.4 Å². The second kappa shape index (κ2) is 8.91. The number of fused-ring (bicyclic) bond motifs is 1. The van der Waals surface area contributed by atoms with Crippen LogP contribution in [-0.4, -0.2) is 54.1 Å². The van der Waals surface area contributed by atoms with E-state index in [9.17, 15) is 0 Å². The van der Waals surface area contributed by atoms with Gasteiger partial charge in [-0.1, -0.05) is 29.8 Å². The highest BCUT2D eigenvalue weighted by Crippen LogP contribution is 2.24. The quantitative estimate of drug-likeness (QED) is 0.618. The van der Waals surface area contributed by atoms with Crippen molar-refractivity contribution in [2.24, 2.45) is 0 Å². The van der Waals surface area contributed by atoms with E-state index in [1.54, 1.807) is 0 Å². The van der Waals surface area contributed by atoms with Crippen LogP contribution in [0.2, 0.25) is 5.02 Å². The number of ether oxygens (including phenoxy) is 1. The van der Waals surface area contributed by atoms with Gasteiger partial charge in [-0.3, -0.25) is 14.8 Å². The third-order valence-corrected chi connectivity index (χ3v) is 5.49. The molecule has 28 heavy (non-hydrogen) atoms. The van der Waals surface area contributed by atoms with Gasteiger partial charge < -0.3 is 4.74 Å². The molecule has 146 valence electrons. The second-order valence-electron chi connectivity index (χ2n) is 7.37. The van der Waals surface area contributed by atoms with E-state index in [2.05, 4.69) is 33.0 Å². The minimum atomic E-state index is 0.696. The van der Waals surface area contributed by atoms with E-state index in [4.69, 9.17) is 16.3 Å². The van der Waals surface area contributed by atoms with E-state index < -0.39 is 0 Å². The van der Waals surface area contributed by atoms with Crippen molar-refractivity contribution in [2.45, 2.75) is 13.5 Å². The zero-order valence-corrected chi connectivity index (χ0v) is 17.0. The van der Waals surface area contributed by atoms with Crippen LogP contribution >= 0.6 is 11.6 Å². The monoisotopic (exact) mass is 395 g/mol. The molecule has 5 heteroatoms. The Morgan fingerprint density at radius 1 is 0.964 bits per heavy atom. The summed E-state index contributed by atoms with van der Waals surface area (Å²) in [5, 5.41) is 1.89. The maximum atomic E-state index is 6.09. The Morgan fingerprint density at radius 3 is 2.57 bits per heavy atom. The Bertz CT molecular complexity index is 938. The summed E-state index contributed by atoms with van der Waals surface area (Å²) in [6.07, 6.45) is 0. The number of piperazine rings is 1. The Morgan fingerprint density at radius 2 is 1.75 bits per heavy atom. The van der Waals surface area contributed by atoms with Gasteiger partial charge in [0.15, 0.2) is 0 Å². The lowest BCUT2D eigenvalue weighted by molar-refractivity contribution is 0.113. The van der Waals surface area contributed by atoms with Crippen molar-refractivity contribution in [1.29, 1.82) is 0 Å². The first-order valence-corrected chi connectivity index (χ1v) is 10.2. The molecule has 0 radical (unpaired) electrons. The predicted octanol–water partition coefficient (Wildman–Crippen LogP) is 4.39. The molecule has 2 aromatic carbocycles. The van der Waals surface area contributed by atoms with Crippen LogP contribution in [0.25, 0.3) is 10.9 Å². The Hall–Kier alpha value is -2.14. The van der Waals surface area contributed by atoms with Gasteiger partial charge in [-0.15, -0.1) is 0 Å². The van der Waals surface area contributed by atoms with Crippen molar-refractivity contribution >= 4 is 22.5 Å². The van der Waals surface area contributed by atoms with Gasteiger partial charge in [0.05, 0.1) is 5.52 Å². The van der Waals surface area contributed by atoms with E-state index in [1.165, 1.54) is 5.56 Å². The largest absolute Gasteiger partial charge is 0.492 e. The van der Waals surface area contributed by atoms with Gasteiger partial charge in [0.2, 0.25) is 0 Å². The molecule has 0 aliphatic carbocycles. The summed E-state index contributed by atoms with van der Waals surface area (Å²) in [7, 11) is 0. The molecule has 1 saturated heterocycles. The smallest absolute Gasteiger partial charge is 0.128 e. The third-order valence-electron chi connectivity index (χ3n) is 5.26. The van der Waals surface area contributed by atoms with Crippen LogP contribution in [-0.2, 0) is 6.54 Å². The molecule has 0 amide bonds. The minimum absolute atomic E-state index is 0.696. The predicted molar refractivity (Wildman–Crippen MR) is 115 cm³/mol. The molecule has 0 atom stereocenters. The van der Waals surface area contributed by atoms with Gasteiger partial charge in [0, 0.05) is 55.4 Å². The van der Waals surface area contributed by atoms with Crippen LogP contribution in [0.15, 0.2) is 54.6 Å². The fourth-order valence-electron chi connectivity index (χ4n) is 3.70. The lowest BCUT2D eigenvalue weighted by atomic mass is 10.2. The summed E-state index contributed by atoms with van der Waals surface area (Å²) in [6, 6.07) is 18.4. The maximum absolute atomic E-state index is 6.09. The Labute approximate surface area is 171 Å². The number of pyridine rings is 1. The van der Waals surface area contributed by atoms with Crippen molar-refractivity contribution in [3.8, 4) is 5.75 Å². The summed E-state index contributed by atoms with van der Waals surface area (Å²) in [5.41, 5.74) is 3.30. The van der Waals surface area contributed by atoms with Crippen LogP contribution in [0.1, 0.15) is 11.3 Å². The van der Waals surface area contributed by atoms with Gasteiger partial charge in [-0.2, -0.15) is 0 Å². The molecule has 0 bridgehead atoms. The highest BCUT2D eigenvalue weighted by molar-refractivity contribution is 6.30. The molecule has 1 fully saturated rings. The number of halogens is 1. The molecule has 1 aliphatic heterocycles. The first kappa shape index (κ1) is 19.2. The molecule has 4 rings (SSSR count). The summed E-state index contributed by atoms with van der Waals surface area (Å²) >= 11 is 6.09. The van der Waals surface area contributed by atoms with Crippen LogP contribution in [0, 0.1) is 6.92 Å². The molecule has 1 aromatic heterocycles. The number of aryl methyl sites for hydroxylation is 1. The van der Waals surface area contributed by atoms with E-state index in [0.29, 0.717) is 6.61 Å². The van der Waals surface area contributed by atoms with Gasteiger partial charge in [0.25, 0.3) is 0 Å². The minimum Gasteiger partial charge on any atom is -0.492 e. The van der Waals surface area contributed by atoms with E-state index in [1.807, 2.05) is 43.3 Å². The van der Waals surface area contributed by atoms with E-state index >= 15 is 0 Å². The molecule has 0 unspecified atom stereocenters. The third kappa shape index (κ3) is 4.82. The molecular formula is C23H26ClN3O. The average molecular weight is 396 g/mol. The highest BCUT2D eigenvalue weighted by Gasteiger charge is 2.17. The van der Waals surface area contributed by atoms with Crippen LogP contribution in [0.5, 0.6) is 5.75 Å². The summed E-state index contributed by atoms with van der Waals surface area (Å²) in [5.74, 6) is 0.921. The number of aromatic nitrogens is 1. The highest BCUT2D eigenvalue weighted by atomic mass is 35.5. The lowest BCUT2D eigenvalue weighted by Crippen LogP contribution is -2.47. The van der Waals surface area contributed by atoms with Gasteiger partial charge >= 0.3 is 0 Å². The molecule has 2 heterocycles. The standard InChI is InChI=1S/C23H26ClN3O/c1-18-8-9-21-22(25-18)6-3-7-23(21)28-15-14-26-10-12-27(13-11-26)17-19-4-2-5-20(24)16-19/h2-9,16H,10-15,17H2,1H3. The first-order valence-electron chi connectivity index (χ1n) is 9.86. The summed E-state index contributed by atoms with van der Waals surface area (Å²) in [4.78, 5) is 9.54. The summed E-state index contributed by atoms with van der Waals surface area (Å²) < 4.78 is 6.09. The topological polar surface area (TPSA) is 28.6 Å². The summed E-state index contributed by atoms with van der Waals surface area (Å²) in [6.45, 7) is 8.91. The van der Waals surface area contributed by atoms with E-state index in [-0.39, 0.29) is 0 Å². The van der Waals surface area contributed by atoms with Crippen molar-refractivity contribution < 1.29 is 4.74 Å². The van der Waals surface area contributed by atoms with Crippen LogP contribution in [0.4, 0.5) is 0 Å². The molecule has 1 aliphatic rings. The molecular weight excluding hydrogens is 370 g/mol. The normalized spacial score (nSPS) is 15.8. The molecule has 0 spiro atoms. The number of nitrogens with zero attached hydrogens (tertiary/aromatic N) is 3. The van der Waals surface area contributed by atoms with Gasteiger partial charge in [-0.25, -0.2) is 0 Å². The van der Waals surface area contributed by atoms with Crippen molar-refractivity contribution in [3.63, 3.8) is 0 Å². The Kier molecular flexibility index (Phi) is 6.10. The number of hydrogen-bond acceptors (Lipinski definition) is 4. The van der Waals surface area contributed by atoms with Crippen molar-refractivity contribution in [2.75, 3.05) is 39.3 Å². The van der Waals surface area contributed by atoms with Crippen LogP contribution in [0.3, 0.4) is 0 Å². The van der Waals surface area contributed by atoms with Crippen molar-refractivity contribution in [1.82, 2.24) is 14.8 Å². The second-order valence-corrected chi connectivity index (χ2v) is 7.81. The number of hydrogen-bond donors (Lipinski definition) is 0. The maximum Gasteiger partial charge on any atom is 0.128 e. The van der Waals surface area contributed by atoms with Gasteiger partial charge in [-0.05, 0) is 48.9 Å². The molecule has 0 N–H and O–H groups in total. The first-order chi connectivity index (χ1) is 13.7. The fourth-order valence-corrected chi connectivity index (χ4v) is 3.92. The average Bonchev–Trinajstić information content (AvgIpc) is 2.69. The SMILES string of the molecule is Cc1ccc2c(OCCN3CCN(Cc4cccc(Cl)c4)CC3)cccc2n1. The zero-order chi connectivity index (χ0) is 19.3. The number of benzene rings is 2. The fraction of sp³-hybridized carbons (Fsp3) is 0.348. The number of rotatable bonds is 6. The molecule has 0 saturated carbocycles. The molecule has 4 nitrogen and oxygen atoms in total. The zero-order valence-electron chi connectivity index (χ0n) is 16.3. The molecule has 3 aromatic rings.